The Labute approximate surface area is 130 Å². The van der Waals surface area contributed by atoms with Gasteiger partial charge in [-0.25, -0.2) is 0 Å². The first kappa shape index (κ1) is 15.9. The highest BCUT2D eigenvalue weighted by Crippen LogP contribution is 2.35. The molecule has 1 heterocycles. The minimum absolute atomic E-state index is 0.157. The van der Waals surface area contributed by atoms with Crippen LogP contribution in [0.1, 0.15) is 34.7 Å². The molecule has 0 aliphatic carbocycles. The highest BCUT2D eigenvalue weighted by Gasteiger charge is 2.19. The summed E-state index contributed by atoms with van der Waals surface area (Å²) < 4.78 is 10.8. The zero-order chi connectivity index (χ0) is 15.2. The lowest BCUT2D eigenvalue weighted by molar-refractivity contribution is 0.387. The molecule has 0 spiro atoms. The van der Waals surface area contributed by atoms with Gasteiger partial charge in [0, 0.05) is 21.4 Å². The SMILES string of the molecule is CCCNC(c1ccc(C)s1)c1ccc(OC)cc1OC. The van der Waals surface area contributed by atoms with E-state index in [4.69, 9.17) is 9.47 Å². The first-order chi connectivity index (χ1) is 10.2. The topological polar surface area (TPSA) is 30.5 Å². The zero-order valence-electron chi connectivity index (χ0n) is 13.1. The predicted octanol–water partition coefficient (Wildman–Crippen LogP) is 4.16. The molecule has 0 fully saturated rings. The Balaban J connectivity index is 2.40. The van der Waals surface area contributed by atoms with E-state index in [1.165, 1.54) is 9.75 Å². The third-order valence-electron chi connectivity index (χ3n) is 3.40. The zero-order valence-corrected chi connectivity index (χ0v) is 13.9. The lowest BCUT2D eigenvalue weighted by atomic mass is 10.0. The minimum Gasteiger partial charge on any atom is -0.497 e. The molecule has 1 atom stereocenters. The maximum absolute atomic E-state index is 5.56. The molecule has 1 unspecified atom stereocenters. The van der Waals surface area contributed by atoms with E-state index in [9.17, 15) is 0 Å². The van der Waals surface area contributed by atoms with E-state index in [1.807, 2.05) is 23.5 Å². The standard InChI is InChI=1S/C17H23NO2S/c1-5-10-18-17(16-9-6-12(2)21-16)14-8-7-13(19-3)11-15(14)20-4/h6-9,11,17-18H,5,10H2,1-4H3. The van der Waals surface area contributed by atoms with Crippen LogP contribution < -0.4 is 14.8 Å². The summed E-state index contributed by atoms with van der Waals surface area (Å²) in [4.78, 5) is 2.63. The van der Waals surface area contributed by atoms with E-state index < -0.39 is 0 Å². The number of hydrogen-bond acceptors (Lipinski definition) is 4. The van der Waals surface area contributed by atoms with Crippen LogP contribution in [0.2, 0.25) is 0 Å². The van der Waals surface area contributed by atoms with Crippen molar-refractivity contribution in [1.82, 2.24) is 5.32 Å². The van der Waals surface area contributed by atoms with Crippen molar-refractivity contribution in [3.8, 4) is 11.5 Å². The number of thiophene rings is 1. The van der Waals surface area contributed by atoms with Gasteiger partial charge in [0.05, 0.1) is 20.3 Å². The van der Waals surface area contributed by atoms with Crippen LogP contribution in [0, 0.1) is 6.92 Å². The molecule has 0 bridgehead atoms. The van der Waals surface area contributed by atoms with E-state index in [0.717, 1.165) is 30.0 Å². The maximum Gasteiger partial charge on any atom is 0.127 e. The predicted molar refractivity (Wildman–Crippen MR) is 88.7 cm³/mol. The molecule has 0 amide bonds. The van der Waals surface area contributed by atoms with Gasteiger partial charge in [-0.1, -0.05) is 6.92 Å². The molecule has 1 aromatic carbocycles. The van der Waals surface area contributed by atoms with Gasteiger partial charge in [-0.05, 0) is 44.2 Å². The normalized spacial score (nSPS) is 12.2. The number of methoxy groups -OCH3 is 2. The van der Waals surface area contributed by atoms with Crippen LogP contribution in [-0.2, 0) is 0 Å². The molecular formula is C17H23NO2S. The van der Waals surface area contributed by atoms with Gasteiger partial charge in [0.2, 0.25) is 0 Å². The Bertz CT molecular complexity index is 580. The van der Waals surface area contributed by atoms with Gasteiger partial charge in [-0.15, -0.1) is 11.3 Å². The van der Waals surface area contributed by atoms with Crippen molar-refractivity contribution in [3.63, 3.8) is 0 Å². The van der Waals surface area contributed by atoms with Gasteiger partial charge >= 0.3 is 0 Å². The van der Waals surface area contributed by atoms with Crippen LogP contribution in [0.25, 0.3) is 0 Å². The summed E-state index contributed by atoms with van der Waals surface area (Å²) in [5, 5.41) is 3.62. The second-order valence-corrected chi connectivity index (χ2v) is 6.26. The van der Waals surface area contributed by atoms with Crippen LogP contribution >= 0.6 is 11.3 Å². The molecule has 0 radical (unpaired) electrons. The van der Waals surface area contributed by atoms with Crippen LogP contribution in [0.15, 0.2) is 30.3 Å². The summed E-state index contributed by atoms with van der Waals surface area (Å²) in [6.45, 7) is 5.28. The van der Waals surface area contributed by atoms with Gasteiger partial charge in [0.15, 0.2) is 0 Å². The van der Waals surface area contributed by atoms with Crippen molar-refractivity contribution >= 4 is 11.3 Å². The largest absolute Gasteiger partial charge is 0.497 e. The van der Waals surface area contributed by atoms with Crippen LogP contribution in [0.4, 0.5) is 0 Å². The average molecular weight is 305 g/mol. The summed E-state index contributed by atoms with van der Waals surface area (Å²) in [5.41, 5.74) is 1.15. The van der Waals surface area contributed by atoms with Crippen molar-refractivity contribution in [1.29, 1.82) is 0 Å². The third kappa shape index (κ3) is 3.77. The Hall–Kier alpha value is -1.52. The van der Waals surface area contributed by atoms with E-state index in [0.29, 0.717) is 0 Å². The number of rotatable bonds is 7. The number of benzene rings is 1. The van der Waals surface area contributed by atoms with Crippen molar-refractivity contribution < 1.29 is 9.47 Å². The summed E-state index contributed by atoms with van der Waals surface area (Å²) in [7, 11) is 3.37. The first-order valence-corrected chi connectivity index (χ1v) is 8.02. The molecular weight excluding hydrogens is 282 g/mol. The molecule has 3 nitrogen and oxygen atoms in total. The molecule has 2 rings (SSSR count). The second-order valence-electron chi connectivity index (χ2n) is 4.94. The third-order valence-corrected chi connectivity index (χ3v) is 4.46. The minimum atomic E-state index is 0.157. The van der Waals surface area contributed by atoms with Gasteiger partial charge in [0.25, 0.3) is 0 Å². The van der Waals surface area contributed by atoms with Crippen molar-refractivity contribution in [3.05, 3.63) is 45.6 Å². The molecule has 4 heteroatoms. The Kier molecular flexibility index (Phi) is 5.65. The molecule has 21 heavy (non-hydrogen) atoms. The van der Waals surface area contributed by atoms with E-state index in [-0.39, 0.29) is 6.04 Å². The van der Waals surface area contributed by atoms with Crippen LogP contribution in [0.3, 0.4) is 0 Å². The summed E-state index contributed by atoms with van der Waals surface area (Å²) in [6.07, 6.45) is 1.10. The molecule has 0 saturated heterocycles. The van der Waals surface area contributed by atoms with Crippen molar-refractivity contribution in [2.45, 2.75) is 26.3 Å². The summed E-state index contributed by atoms with van der Waals surface area (Å²) in [5.74, 6) is 1.67. The highest BCUT2D eigenvalue weighted by atomic mass is 32.1. The van der Waals surface area contributed by atoms with Gasteiger partial charge in [-0.2, -0.15) is 0 Å². The Morgan fingerprint density at radius 3 is 2.52 bits per heavy atom. The number of aryl methyl sites for hydroxylation is 1. The quantitative estimate of drug-likeness (QED) is 0.833. The average Bonchev–Trinajstić information content (AvgIpc) is 2.94. The fourth-order valence-corrected chi connectivity index (χ4v) is 3.29. The lowest BCUT2D eigenvalue weighted by Crippen LogP contribution is -2.22. The van der Waals surface area contributed by atoms with E-state index >= 15 is 0 Å². The number of nitrogens with one attached hydrogen (secondary N) is 1. The van der Waals surface area contributed by atoms with Crippen molar-refractivity contribution in [2.75, 3.05) is 20.8 Å². The lowest BCUT2D eigenvalue weighted by Gasteiger charge is -2.20. The molecule has 1 N–H and O–H groups in total. The smallest absolute Gasteiger partial charge is 0.127 e. The Morgan fingerprint density at radius 2 is 1.95 bits per heavy atom. The summed E-state index contributed by atoms with van der Waals surface area (Å²) in [6, 6.07) is 10.5. The van der Waals surface area contributed by atoms with E-state index in [1.54, 1.807) is 14.2 Å². The molecule has 2 aromatic rings. The molecule has 1 aromatic heterocycles. The molecule has 0 aliphatic rings. The molecule has 0 saturated carbocycles. The van der Waals surface area contributed by atoms with Crippen molar-refractivity contribution in [2.24, 2.45) is 0 Å². The number of ether oxygens (including phenoxy) is 2. The van der Waals surface area contributed by atoms with Gasteiger partial charge < -0.3 is 14.8 Å². The molecule has 0 aliphatic heterocycles. The first-order valence-electron chi connectivity index (χ1n) is 7.21. The van der Waals surface area contributed by atoms with Crippen LogP contribution in [0.5, 0.6) is 11.5 Å². The van der Waals surface area contributed by atoms with Gasteiger partial charge in [0.1, 0.15) is 11.5 Å². The maximum atomic E-state index is 5.56. The molecule has 114 valence electrons. The highest BCUT2D eigenvalue weighted by molar-refractivity contribution is 7.12. The fourth-order valence-electron chi connectivity index (χ4n) is 2.32. The van der Waals surface area contributed by atoms with Crippen LogP contribution in [-0.4, -0.2) is 20.8 Å². The summed E-state index contributed by atoms with van der Waals surface area (Å²) >= 11 is 1.82. The fraction of sp³-hybridized carbons (Fsp3) is 0.412. The monoisotopic (exact) mass is 305 g/mol. The van der Waals surface area contributed by atoms with E-state index in [2.05, 4.69) is 37.4 Å². The second kappa shape index (κ2) is 7.48. The Morgan fingerprint density at radius 1 is 1.14 bits per heavy atom. The number of hydrogen-bond donors (Lipinski definition) is 1. The van der Waals surface area contributed by atoms with Gasteiger partial charge in [-0.3, -0.25) is 0 Å².